The first kappa shape index (κ1) is 15.8. The fraction of sp³-hybridized carbons (Fsp3) is 0.143. The smallest absolute Gasteiger partial charge is 0.145 e. The van der Waals surface area contributed by atoms with Crippen LogP contribution in [0.4, 0.5) is 4.39 Å². The van der Waals surface area contributed by atoms with Crippen molar-refractivity contribution in [2.45, 2.75) is 6.10 Å². The number of benzene rings is 2. The van der Waals surface area contributed by atoms with Crippen molar-refractivity contribution < 1.29 is 9.13 Å². The summed E-state index contributed by atoms with van der Waals surface area (Å²) in [6.45, 7) is 0.263. The maximum atomic E-state index is 13.5. The summed E-state index contributed by atoms with van der Waals surface area (Å²) in [4.78, 5) is 0. The van der Waals surface area contributed by atoms with E-state index < -0.39 is 5.82 Å². The highest BCUT2D eigenvalue weighted by molar-refractivity contribution is 9.10. The molecular weight excluding hydrogens is 412 g/mol. The molecular formula is C14H11Br2ClFNO. The van der Waals surface area contributed by atoms with Gasteiger partial charge in [-0.15, -0.1) is 0 Å². The van der Waals surface area contributed by atoms with Crippen molar-refractivity contribution in [1.29, 1.82) is 0 Å². The van der Waals surface area contributed by atoms with Crippen LogP contribution in [0, 0.1) is 5.82 Å². The van der Waals surface area contributed by atoms with Crippen LogP contribution in [0.1, 0.15) is 11.7 Å². The number of rotatable bonds is 4. The van der Waals surface area contributed by atoms with Gasteiger partial charge < -0.3 is 10.5 Å². The lowest BCUT2D eigenvalue weighted by atomic mass is 10.1. The number of nitrogens with two attached hydrogens (primary N) is 1. The van der Waals surface area contributed by atoms with Crippen molar-refractivity contribution in [3.63, 3.8) is 0 Å². The molecule has 106 valence electrons. The van der Waals surface area contributed by atoms with E-state index >= 15 is 0 Å². The molecule has 0 bridgehead atoms. The van der Waals surface area contributed by atoms with Gasteiger partial charge in [-0.25, -0.2) is 4.39 Å². The fourth-order valence-corrected chi connectivity index (χ4v) is 3.00. The highest BCUT2D eigenvalue weighted by Crippen LogP contribution is 2.34. The van der Waals surface area contributed by atoms with Crippen LogP contribution in [-0.4, -0.2) is 6.54 Å². The van der Waals surface area contributed by atoms with E-state index in [1.807, 2.05) is 24.3 Å². The maximum Gasteiger partial charge on any atom is 0.145 e. The van der Waals surface area contributed by atoms with Crippen molar-refractivity contribution in [3.8, 4) is 5.75 Å². The van der Waals surface area contributed by atoms with Gasteiger partial charge in [0.2, 0.25) is 0 Å². The first-order valence-corrected chi connectivity index (χ1v) is 7.75. The molecule has 0 aliphatic carbocycles. The molecule has 20 heavy (non-hydrogen) atoms. The van der Waals surface area contributed by atoms with Gasteiger partial charge in [0.15, 0.2) is 0 Å². The second-order valence-electron chi connectivity index (χ2n) is 4.06. The van der Waals surface area contributed by atoms with Crippen molar-refractivity contribution in [2.75, 3.05) is 6.54 Å². The van der Waals surface area contributed by atoms with Crippen LogP contribution in [0.2, 0.25) is 5.02 Å². The number of halogens is 4. The molecule has 0 fully saturated rings. The summed E-state index contributed by atoms with van der Waals surface area (Å²) in [6, 6.07) is 10.3. The summed E-state index contributed by atoms with van der Waals surface area (Å²) in [5.74, 6) is -0.175. The van der Waals surface area contributed by atoms with Crippen molar-refractivity contribution >= 4 is 43.5 Å². The number of hydrogen-bond donors (Lipinski definition) is 1. The molecule has 0 aliphatic heterocycles. The average Bonchev–Trinajstić information content (AvgIpc) is 2.42. The van der Waals surface area contributed by atoms with Crippen molar-refractivity contribution in [1.82, 2.24) is 0 Å². The van der Waals surface area contributed by atoms with E-state index in [1.165, 1.54) is 12.1 Å². The van der Waals surface area contributed by atoms with E-state index in [1.54, 1.807) is 0 Å². The Morgan fingerprint density at radius 2 is 1.90 bits per heavy atom. The lowest BCUT2D eigenvalue weighted by Crippen LogP contribution is -2.19. The third-order valence-corrected chi connectivity index (χ3v) is 4.34. The third-order valence-electron chi connectivity index (χ3n) is 2.71. The molecule has 0 saturated carbocycles. The van der Waals surface area contributed by atoms with Crippen LogP contribution in [0.15, 0.2) is 45.3 Å². The van der Waals surface area contributed by atoms with Gasteiger partial charge in [0, 0.05) is 22.6 Å². The number of hydrogen-bond acceptors (Lipinski definition) is 2. The summed E-state index contributed by atoms with van der Waals surface area (Å²) in [7, 11) is 0. The Balaban J connectivity index is 2.32. The summed E-state index contributed by atoms with van der Waals surface area (Å²) >= 11 is 12.5. The molecule has 2 nitrogen and oxygen atoms in total. The van der Waals surface area contributed by atoms with Gasteiger partial charge in [0.25, 0.3) is 0 Å². The standard InChI is InChI=1S/C14H11Br2ClFNO/c15-9-4-2-1-3-8(9)14(7-19)20-13-6-12(18)11(17)5-10(13)16/h1-6,14H,7,19H2. The van der Waals surface area contributed by atoms with E-state index in [0.29, 0.717) is 10.2 Å². The minimum atomic E-state index is -0.534. The molecule has 2 aromatic rings. The van der Waals surface area contributed by atoms with E-state index in [2.05, 4.69) is 31.9 Å². The minimum absolute atomic E-state index is 0.0365. The molecule has 2 rings (SSSR count). The Morgan fingerprint density at radius 1 is 1.20 bits per heavy atom. The van der Waals surface area contributed by atoms with E-state index in [9.17, 15) is 4.39 Å². The second kappa shape index (κ2) is 6.89. The molecule has 0 amide bonds. The molecule has 6 heteroatoms. The Bertz CT molecular complexity index is 624. The molecule has 0 radical (unpaired) electrons. The normalized spacial score (nSPS) is 12.2. The summed E-state index contributed by atoms with van der Waals surface area (Å²) in [6.07, 6.45) is -0.387. The quantitative estimate of drug-likeness (QED) is 0.696. The molecule has 0 aliphatic rings. The second-order valence-corrected chi connectivity index (χ2v) is 6.18. The molecule has 0 saturated heterocycles. The lowest BCUT2D eigenvalue weighted by molar-refractivity contribution is 0.211. The van der Waals surface area contributed by atoms with Gasteiger partial charge in [-0.2, -0.15) is 0 Å². The zero-order valence-electron chi connectivity index (χ0n) is 10.2. The molecule has 1 atom stereocenters. The highest BCUT2D eigenvalue weighted by atomic mass is 79.9. The van der Waals surface area contributed by atoms with E-state index in [4.69, 9.17) is 22.1 Å². The fourth-order valence-electron chi connectivity index (χ4n) is 1.72. The zero-order valence-corrected chi connectivity index (χ0v) is 14.2. The zero-order chi connectivity index (χ0) is 14.7. The van der Waals surface area contributed by atoms with Crippen molar-refractivity contribution in [2.24, 2.45) is 5.73 Å². The average molecular weight is 424 g/mol. The molecule has 0 spiro atoms. The predicted octanol–water partition coefficient (Wildman–Crippen LogP) is 5.08. The van der Waals surface area contributed by atoms with Crippen LogP contribution in [0.25, 0.3) is 0 Å². The Morgan fingerprint density at radius 3 is 2.55 bits per heavy atom. The Kier molecular flexibility index (Phi) is 5.43. The molecule has 2 aromatic carbocycles. The molecule has 1 unspecified atom stereocenters. The topological polar surface area (TPSA) is 35.2 Å². The summed E-state index contributed by atoms with van der Waals surface area (Å²) in [5.41, 5.74) is 6.66. The van der Waals surface area contributed by atoms with Crippen LogP contribution in [0.5, 0.6) is 5.75 Å². The summed E-state index contributed by atoms with van der Waals surface area (Å²) in [5, 5.41) is 0.0365. The van der Waals surface area contributed by atoms with Gasteiger partial charge in [0.05, 0.1) is 9.50 Å². The monoisotopic (exact) mass is 421 g/mol. The van der Waals surface area contributed by atoms with Gasteiger partial charge in [-0.05, 0) is 28.1 Å². The molecule has 2 N–H and O–H groups in total. The maximum absolute atomic E-state index is 13.5. The van der Waals surface area contributed by atoms with E-state index in [-0.39, 0.29) is 17.7 Å². The number of ether oxygens (including phenoxy) is 1. The Hall–Kier alpha value is -0.620. The highest BCUT2D eigenvalue weighted by Gasteiger charge is 2.17. The van der Waals surface area contributed by atoms with Gasteiger partial charge >= 0.3 is 0 Å². The largest absolute Gasteiger partial charge is 0.483 e. The van der Waals surface area contributed by atoms with Crippen LogP contribution in [-0.2, 0) is 0 Å². The van der Waals surface area contributed by atoms with Crippen LogP contribution in [0.3, 0.4) is 0 Å². The van der Waals surface area contributed by atoms with Gasteiger partial charge in [-0.1, -0.05) is 45.7 Å². The van der Waals surface area contributed by atoms with Crippen molar-refractivity contribution in [3.05, 3.63) is 61.7 Å². The molecule has 0 heterocycles. The van der Waals surface area contributed by atoms with Gasteiger partial charge in [-0.3, -0.25) is 0 Å². The van der Waals surface area contributed by atoms with Crippen LogP contribution >= 0.6 is 43.5 Å². The first-order valence-electron chi connectivity index (χ1n) is 5.78. The van der Waals surface area contributed by atoms with Gasteiger partial charge in [0.1, 0.15) is 17.7 Å². The lowest BCUT2D eigenvalue weighted by Gasteiger charge is -2.20. The first-order chi connectivity index (χ1) is 9.52. The predicted molar refractivity (Wildman–Crippen MR) is 85.7 cm³/mol. The summed E-state index contributed by atoms with van der Waals surface area (Å²) < 4.78 is 20.8. The SMILES string of the molecule is NCC(Oc1cc(F)c(Cl)cc1Br)c1ccccc1Br. The van der Waals surface area contributed by atoms with Crippen LogP contribution < -0.4 is 10.5 Å². The van der Waals surface area contributed by atoms with E-state index in [0.717, 1.165) is 10.0 Å². The molecule has 0 aromatic heterocycles. The minimum Gasteiger partial charge on any atom is -0.483 e. The third kappa shape index (κ3) is 3.52. The Labute approximate surface area is 138 Å².